The van der Waals surface area contributed by atoms with Gasteiger partial charge in [-0.3, -0.25) is 9.59 Å². The van der Waals surface area contributed by atoms with Crippen LogP contribution in [0.5, 0.6) is 17.2 Å². The molecule has 10 rings (SSSR count). The number of hydrogen-bond acceptors (Lipinski definition) is 12. The first-order valence-electron chi connectivity index (χ1n) is 20.3. The van der Waals surface area contributed by atoms with Crippen LogP contribution in [-0.4, -0.2) is 106 Å². The van der Waals surface area contributed by atoms with Gasteiger partial charge in [-0.15, -0.1) is 0 Å². The third-order valence-corrected chi connectivity index (χ3v) is 12.8. The summed E-state index contributed by atoms with van der Waals surface area (Å²) in [5.41, 5.74) is 2.82. The number of fused-ring (bicyclic) bond motifs is 5. The summed E-state index contributed by atoms with van der Waals surface area (Å²) < 4.78 is 31.6. The SMILES string of the molecule is COc1cc2cc(C3CCCC3)c3c(O)c2c2c1/C=C/[C@H](C1=C4[CH+]C=CC=C4N=C1)OC[C@H]1O[C@H](O2)[C@@](O)(CO)[C@@H](OC#CCc2cccc4c2CN(CC3=O)C4=O)[C@@H]1O. The average Bonchev–Trinajstić information content (AvgIpc) is 4.01. The number of methoxy groups -OCH3 is 1. The molecule has 2 aliphatic carbocycles. The quantitative estimate of drug-likeness (QED) is 0.214. The molecule has 60 heavy (non-hydrogen) atoms. The van der Waals surface area contributed by atoms with E-state index in [1.807, 2.05) is 36.8 Å². The van der Waals surface area contributed by atoms with Crippen molar-refractivity contribution in [2.75, 3.05) is 26.9 Å². The van der Waals surface area contributed by atoms with Crippen LogP contribution in [0.3, 0.4) is 0 Å². The van der Waals surface area contributed by atoms with Crippen molar-refractivity contribution in [3.63, 3.8) is 0 Å². The number of ketones is 1. The number of allylic oxidation sites excluding steroid dienone is 4. The molecule has 3 aromatic carbocycles. The number of hydrogen-bond donors (Lipinski definition) is 4. The van der Waals surface area contributed by atoms with Crippen LogP contribution in [0.15, 0.2) is 76.5 Å². The number of phenols is 1. The number of Topliss-reactive ketones (excluding diaryl/α,β-unsaturated/α-hetero) is 1. The van der Waals surface area contributed by atoms with Crippen molar-refractivity contribution in [3.05, 3.63) is 111 Å². The number of rotatable bonds is 4. The molecule has 4 N–H and O–H groups in total. The maximum atomic E-state index is 14.8. The first-order chi connectivity index (χ1) is 29.2. The van der Waals surface area contributed by atoms with Gasteiger partial charge in [-0.2, -0.15) is 4.99 Å². The van der Waals surface area contributed by atoms with Gasteiger partial charge in [-0.05, 0) is 71.2 Å². The Morgan fingerprint density at radius 1 is 1.15 bits per heavy atom. The first kappa shape index (κ1) is 38.3. The van der Waals surface area contributed by atoms with Crippen molar-refractivity contribution < 1.29 is 53.7 Å². The number of aromatic hydroxyl groups is 1. The monoisotopic (exact) mass is 811 g/mol. The first-order valence-corrected chi connectivity index (χ1v) is 20.3. The molecule has 1 amide bonds. The molecule has 5 heterocycles. The minimum atomic E-state index is -2.44. The number of benzene rings is 3. The number of aliphatic hydroxyl groups excluding tert-OH is 2. The zero-order valence-corrected chi connectivity index (χ0v) is 32.8. The van der Waals surface area contributed by atoms with E-state index < -0.39 is 48.7 Å². The number of aliphatic imine (C=N–C) groups is 1. The van der Waals surface area contributed by atoms with Crippen molar-refractivity contribution in [2.24, 2.45) is 4.99 Å². The highest BCUT2D eigenvalue weighted by Crippen LogP contribution is 2.50. The molecule has 0 spiro atoms. The Kier molecular flexibility index (Phi) is 9.58. The third kappa shape index (κ3) is 6.13. The molecular formula is C47H43N2O11+. The molecule has 8 bridgehead atoms. The largest absolute Gasteiger partial charge is 0.506 e. The van der Waals surface area contributed by atoms with Crippen LogP contribution >= 0.6 is 0 Å². The van der Waals surface area contributed by atoms with E-state index in [0.29, 0.717) is 27.8 Å². The summed E-state index contributed by atoms with van der Waals surface area (Å²) in [5, 5.41) is 48.5. The second-order valence-corrected chi connectivity index (χ2v) is 16.2. The van der Waals surface area contributed by atoms with E-state index in [1.165, 1.54) is 12.0 Å². The van der Waals surface area contributed by atoms with Crippen LogP contribution in [0, 0.1) is 18.4 Å². The highest BCUT2D eigenvalue weighted by atomic mass is 16.7. The number of carbonyl (C=O) groups excluding carboxylic acids is 2. The minimum Gasteiger partial charge on any atom is -0.506 e. The summed E-state index contributed by atoms with van der Waals surface area (Å²) in [6.07, 6.45) is 12.2. The molecule has 306 valence electrons. The van der Waals surface area contributed by atoms with Crippen LogP contribution in [0.4, 0.5) is 0 Å². The molecule has 5 aliphatic heterocycles. The molecule has 0 radical (unpaired) electrons. The van der Waals surface area contributed by atoms with Crippen LogP contribution in [0.2, 0.25) is 0 Å². The van der Waals surface area contributed by atoms with Crippen LogP contribution in [0.1, 0.15) is 74.6 Å². The number of ether oxygens (including phenoxy) is 5. The van der Waals surface area contributed by atoms with E-state index in [1.54, 1.807) is 36.6 Å². The molecule has 6 atom stereocenters. The van der Waals surface area contributed by atoms with E-state index in [4.69, 9.17) is 23.7 Å². The topological polar surface area (TPSA) is 177 Å². The van der Waals surface area contributed by atoms with E-state index in [-0.39, 0.29) is 60.4 Å². The lowest BCUT2D eigenvalue weighted by Gasteiger charge is -2.47. The summed E-state index contributed by atoms with van der Waals surface area (Å²) in [5.74, 6) is 2.08. The number of nitrogens with zero attached hydrogens (tertiary/aromatic N) is 2. The van der Waals surface area contributed by atoms with Crippen LogP contribution in [-0.2, 0) is 27.2 Å². The molecule has 7 aliphatic rings. The lowest BCUT2D eigenvalue weighted by molar-refractivity contribution is -0.327. The number of phenolic OH excluding ortho intramolecular Hbond substituents is 1. The Bertz CT molecular complexity index is 2550. The fourth-order valence-corrected chi connectivity index (χ4v) is 9.66. The summed E-state index contributed by atoms with van der Waals surface area (Å²) in [7, 11) is 1.50. The standard InChI is InChI=1S/C47H42N2O11/c1-56-37-19-27-18-31(25-8-2-3-9-25)40-35(51)22-49-21-33-26(10-6-13-29(33)45(49)54)11-7-17-57-44-41(52)38-23-58-36(32-20-48-34-14-5-4-12-28(32)34)16-15-30(37)43(39(27)42(40)53)60-46(59-38)47(44,55)24-50/h4-6,10,12-16,18-20,25,36,38,41,44,46,50,52,55H,2-3,8-9,11,21-24H2,1H3/p+1/b16-15+/t36-,38-,41-,44+,46-,47-/m1/s1. The van der Waals surface area contributed by atoms with Crippen molar-refractivity contribution in [3.8, 4) is 29.3 Å². The fraction of sp³-hybridized carbons (Fsp3) is 0.362. The molecule has 0 aromatic heterocycles. The Morgan fingerprint density at radius 3 is 2.82 bits per heavy atom. The molecule has 3 aromatic rings. The molecule has 13 nitrogen and oxygen atoms in total. The van der Waals surface area contributed by atoms with Gasteiger partial charge >= 0.3 is 0 Å². The van der Waals surface area contributed by atoms with Crippen molar-refractivity contribution in [1.82, 2.24) is 4.90 Å². The van der Waals surface area contributed by atoms with Gasteiger partial charge in [0.2, 0.25) is 6.29 Å². The fourth-order valence-electron chi connectivity index (χ4n) is 9.66. The summed E-state index contributed by atoms with van der Waals surface area (Å²) in [4.78, 5) is 34.7. The summed E-state index contributed by atoms with van der Waals surface area (Å²) in [6.45, 7) is -1.36. The molecule has 1 saturated carbocycles. The molecule has 13 heteroatoms. The van der Waals surface area contributed by atoms with Crippen molar-refractivity contribution >= 4 is 34.8 Å². The predicted molar refractivity (Wildman–Crippen MR) is 218 cm³/mol. The Balaban J connectivity index is 1.23. The second kappa shape index (κ2) is 15.0. The summed E-state index contributed by atoms with van der Waals surface area (Å²) >= 11 is 0. The van der Waals surface area contributed by atoms with Gasteiger partial charge < -0.3 is 49.0 Å². The minimum absolute atomic E-state index is 0.0370. The lowest BCUT2D eigenvalue weighted by Crippen LogP contribution is -2.70. The number of aliphatic hydroxyl groups is 3. The Hall–Kier alpha value is -5.88. The molecule has 0 unspecified atom stereocenters. The average molecular weight is 812 g/mol. The number of carbonyl (C=O) groups is 2. The van der Waals surface area contributed by atoms with Gasteiger partial charge in [-0.25, -0.2) is 0 Å². The van der Waals surface area contributed by atoms with E-state index in [0.717, 1.165) is 53.7 Å². The molecular weight excluding hydrogens is 769 g/mol. The Labute approximate surface area is 345 Å². The maximum absolute atomic E-state index is 14.8. The van der Waals surface area contributed by atoms with Gasteiger partial charge in [0.05, 0.1) is 55.2 Å². The van der Waals surface area contributed by atoms with E-state index >= 15 is 0 Å². The maximum Gasteiger partial charge on any atom is 0.254 e. The summed E-state index contributed by atoms with van der Waals surface area (Å²) in [6, 6.07) is 8.94. The zero-order valence-electron chi connectivity index (χ0n) is 32.8. The van der Waals surface area contributed by atoms with Gasteiger partial charge in [-0.1, -0.05) is 30.9 Å². The van der Waals surface area contributed by atoms with Gasteiger partial charge in [0.25, 0.3) is 5.91 Å². The van der Waals surface area contributed by atoms with Gasteiger partial charge in [0, 0.05) is 43.2 Å². The predicted octanol–water partition coefficient (Wildman–Crippen LogP) is 4.59. The zero-order chi connectivity index (χ0) is 41.3. The normalized spacial score (nSPS) is 28.8. The highest BCUT2D eigenvalue weighted by molar-refractivity contribution is 6.11. The van der Waals surface area contributed by atoms with Crippen molar-refractivity contribution in [1.29, 1.82) is 0 Å². The second-order valence-electron chi connectivity index (χ2n) is 16.2. The van der Waals surface area contributed by atoms with Gasteiger partial charge in [0.1, 0.15) is 47.2 Å². The van der Waals surface area contributed by atoms with E-state index in [9.17, 15) is 30.0 Å². The number of amides is 1. The third-order valence-electron chi connectivity index (χ3n) is 12.8. The lowest BCUT2D eigenvalue weighted by atomic mass is 9.86. The van der Waals surface area contributed by atoms with Crippen molar-refractivity contribution in [2.45, 2.75) is 80.9 Å². The van der Waals surface area contributed by atoms with Crippen LogP contribution < -0.4 is 9.47 Å². The highest BCUT2D eigenvalue weighted by Gasteiger charge is 2.59. The van der Waals surface area contributed by atoms with Crippen LogP contribution in [0.25, 0.3) is 16.8 Å². The Morgan fingerprint density at radius 2 is 2.00 bits per heavy atom. The smallest absolute Gasteiger partial charge is 0.254 e. The molecule has 2 fully saturated rings. The van der Waals surface area contributed by atoms with Gasteiger partial charge in [0.15, 0.2) is 23.2 Å². The van der Waals surface area contributed by atoms with E-state index in [2.05, 4.69) is 17.0 Å². The molecule has 1 saturated heterocycles.